The molecule has 0 bridgehead atoms. The number of piperidine rings is 1. The highest BCUT2D eigenvalue weighted by Gasteiger charge is 2.22. The standard InChI is InChI=1S/C13H21N5OS/c1-9(10-4-3-5-14-7-10)6-12-17-18-11(8-19-2)15-16-13(18)20-12/h9-10,14H,3-8H2,1-2H3. The quantitative estimate of drug-likeness (QED) is 0.906. The second kappa shape index (κ2) is 6.15. The van der Waals surface area contributed by atoms with Crippen molar-refractivity contribution in [2.45, 2.75) is 32.8 Å². The third kappa shape index (κ3) is 2.84. The Hall–Kier alpha value is -1.05. The van der Waals surface area contributed by atoms with Gasteiger partial charge in [0.15, 0.2) is 5.82 Å². The molecule has 0 aromatic carbocycles. The molecule has 0 amide bonds. The molecule has 7 heteroatoms. The van der Waals surface area contributed by atoms with Crippen LogP contribution in [0.25, 0.3) is 4.96 Å². The second-order valence-electron chi connectivity index (χ2n) is 5.53. The maximum Gasteiger partial charge on any atom is 0.234 e. The van der Waals surface area contributed by atoms with E-state index in [0.29, 0.717) is 12.5 Å². The molecule has 0 aliphatic carbocycles. The topological polar surface area (TPSA) is 64.3 Å². The average Bonchev–Trinajstić information content (AvgIpc) is 3.02. The third-order valence-corrected chi connectivity index (χ3v) is 4.93. The Bertz CT molecular complexity index is 560. The lowest BCUT2D eigenvalue weighted by Gasteiger charge is -2.27. The second-order valence-corrected chi connectivity index (χ2v) is 6.57. The van der Waals surface area contributed by atoms with Crippen LogP contribution < -0.4 is 5.32 Å². The van der Waals surface area contributed by atoms with Crippen LogP contribution in [0.3, 0.4) is 0 Å². The van der Waals surface area contributed by atoms with Gasteiger partial charge in [-0.2, -0.15) is 9.61 Å². The fraction of sp³-hybridized carbons (Fsp3) is 0.769. The number of methoxy groups -OCH3 is 1. The Morgan fingerprint density at radius 1 is 1.50 bits per heavy atom. The first-order valence-corrected chi connectivity index (χ1v) is 7.99. The van der Waals surface area contributed by atoms with E-state index in [0.717, 1.165) is 34.7 Å². The highest BCUT2D eigenvalue weighted by atomic mass is 32.1. The molecule has 0 saturated carbocycles. The van der Waals surface area contributed by atoms with Crippen LogP contribution in [0.2, 0.25) is 0 Å². The molecule has 3 rings (SSSR count). The maximum absolute atomic E-state index is 5.11. The van der Waals surface area contributed by atoms with Crippen molar-refractivity contribution in [2.75, 3.05) is 20.2 Å². The normalized spacial score (nSPS) is 21.4. The van der Waals surface area contributed by atoms with Crippen molar-refractivity contribution in [1.82, 2.24) is 25.1 Å². The van der Waals surface area contributed by atoms with Crippen molar-refractivity contribution in [3.05, 3.63) is 10.8 Å². The monoisotopic (exact) mass is 295 g/mol. The summed E-state index contributed by atoms with van der Waals surface area (Å²) in [6.45, 7) is 5.09. The summed E-state index contributed by atoms with van der Waals surface area (Å²) in [4.78, 5) is 0.862. The fourth-order valence-electron chi connectivity index (χ4n) is 2.81. The van der Waals surface area contributed by atoms with Gasteiger partial charge in [0.1, 0.15) is 11.6 Å². The molecular formula is C13H21N5OS. The minimum absolute atomic E-state index is 0.451. The molecule has 0 radical (unpaired) electrons. The van der Waals surface area contributed by atoms with E-state index in [2.05, 4.69) is 27.5 Å². The van der Waals surface area contributed by atoms with Crippen LogP contribution in [0.5, 0.6) is 0 Å². The van der Waals surface area contributed by atoms with Crippen molar-refractivity contribution in [3.63, 3.8) is 0 Å². The van der Waals surface area contributed by atoms with Crippen LogP contribution in [0.1, 0.15) is 30.6 Å². The number of fused-ring (bicyclic) bond motifs is 1. The lowest BCUT2D eigenvalue weighted by molar-refractivity contribution is 0.176. The van der Waals surface area contributed by atoms with E-state index in [4.69, 9.17) is 4.74 Å². The first-order chi connectivity index (χ1) is 9.78. The van der Waals surface area contributed by atoms with E-state index >= 15 is 0 Å². The summed E-state index contributed by atoms with van der Waals surface area (Å²) < 4.78 is 6.93. The molecule has 20 heavy (non-hydrogen) atoms. The highest BCUT2D eigenvalue weighted by Crippen LogP contribution is 2.25. The molecule has 1 aliphatic rings. The van der Waals surface area contributed by atoms with E-state index < -0.39 is 0 Å². The van der Waals surface area contributed by atoms with E-state index in [1.165, 1.54) is 19.4 Å². The third-order valence-electron chi connectivity index (χ3n) is 4.01. The zero-order chi connectivity index (χ0) is 13.9. The Balaban J connectivity index is 1.70. The SMILES string of the molecule is COCc1nnc2sc(CC(C)C3CCCNC3)nn12. The number of rotatable bonds is 5. The van der Waals surface area contributed by atoms with Crippen molar-refractivity contribution in [2.24, 2.45) is 11.8 Å². The minimum Gasteiger partial charge on any atom is -0.377 e. The van der Waals surface area contributed by atoms with Gasteiger partial charge in [0, 0.05) is 13.5 Å². The molecule has 2 aromatic rings. The van der Waals surface area contributed by atoms with Crippen LogP contribution in [0.4, 0.5) is 0 Å². The minimum atomic E-state index is 0.451. The molecular weight excluding hydrogens is 274 g/mol. The number of nitrogens with one attached hydrogen (secondary N) is 1. The zero-order valence-electron chi connectivity index (χ0n) is 12.0. The van der Waals surface area contributed by atoms with Gasteiger partial charge in [-0.1, -0.05) is 18.3 Å². The Morgan fingerprint density at radius 3 is 3.15 bits per heavy atom. The van der Waals surface area contributed by atoms with Gasteiger partial charge < -0.3 is 10.1 Å². The van der Waals surface area contributed by atoms with E-state index in [1.807, 2.05) is 4.52 Å². The van der Waals surface area contributed by atoms with Gasteiger partial charge in [0.2, 0.25) is 4.96 Å². The van der Waals surface area contributed by atoms with Gasteiger partial charge >= 0.3 is 0 Å². The molecule has 2 aromatic heterocycles. The molecule has 0 spiro atoms. The van der Waals surface area contributed by atoms with Crippen LogP contribution in [-0.4, -0.2) is 40.0 Å². The Kier molecular flexibility index (Phi) is 4.28. The first-order valence-electron chi connectivity index (χ1n) is 7.17. The number of aromatic nitrogens is 4. The molecule has 1 fully saturated rings. The molecule has 1 saturated heterocycles. The molecule has 1 aliphatic heterocycles. The van der Waals surface area contributed by atoms with Gasteiger partial charge in [-0.05, 0) is 37.8 Å². The summed E-state index contributed by atoms with van der Waals surface area (Å²) in [5.74, 6) is 2.19. The van der Waals surface area contributed by atoms with Crippen LogP contribution in [-0.2, 0) is 17.8 Å². The number of ether oxygens (including phenoxy) is 1. The molecule has 2 unspecified atom stereocenters. The number of hydrogen-bond donors (Lipinski definition) is 1. The van der Waals surface area contributed by atoms with Crippen molar-refractivity contribution in [3.8, 4) is 0 Å². The van der Waals surface area contributed by atoms with Crippen LogP contribution in [0.15, 0.2) is 0 Å². The summed E-state index contributed by atoms with van der Waals surface area (Å²) in [5.41, 5.74) is 0. The first kappa shape index (κ1) is 13.9. The molecule has 2 atom stereocenters. The van der Waals surface area contributed by atoms with Crippen LogP contribution >= 0.6 is 11.3 Å². The largest absolute Gasteiger partial charge is 0.377 e. The number of nitrogens with zero attached hydrogens (tertiary/aromatic N) is 4. The van der Waals surface area contributed by atoms with Crippen molar-refractivity contribution >= 4 is 16.3 Å². The van der Waals surface area contributed by atoms with E-state index in [9.17, 15) is 0 Å². The van der Waals surface area contributed by atoms with Gasteiger partial charge in [-0.3, -0.25) is 0 Å². The summed E-state index contributed by atoms with van der Waals surface area (Å²) in [6, 6.07) is 0. The van der Waals surface area contributed by atoms with Crippen molar-refractivity contribution in [1.29, 1.82) is 0 Å². The van der Waals surface area contributed by atoms with Gasteiger partial charge in [0.25, 0.3) is 0 Å². The Morgan fingerprint density at radius 2 is 2.40 bits per heavy atom. The van der Waals surface area contributed by atoms with Crippen LogP contribution in [0, 0.1) is 11.8 Å². The molecule has 6 nitrogen and oxygen atoms in total. The summed E-state index contributed by atoms with van der Waals surface area (Å²) in [6.07, 6.45) is 3.64. The molecule has 3 heterocycles. The van der Waals surface area contributed by atoms with Gasteiger partial charge in [-0.15, -0.1) is 10.2 Å². The van der Waals surface area contributed by atoms with E-state index in [1.54, 1.807) is 18.4 Å². The summed E-state index contributed by atoms with van der Waals surface area (Å²) >= 11 is 1.64. The Labute approximate surface area is 122 Å². The van der Waals surface area contributed by atoms with Gasteiger partial charge in [-0.25, -0.2) is 0 Å². The lowest BCUT2D eigenvalue weighted by atomic mass is 9.86. The molecule has 110 valence electrons. The molecule has 1 N–H and O–H groups in total. The summed E-state index contributed by atoms with van der Waals surface area (Å²) in [7, 11) is 1.66. The predicted molar refractivity (Wildman–Crippen MR) is 77.8 cm³/mol. The zero-order valence-corrected chi connectivity index (χ0v) is 12.8. The smallest absolute Gasteiger partial charge is 0.234 e. The van der Waals surface area contributed by atoms with E-state index in [-0.39, 0.29) is 0 Å². The summed E-state index contributed by atoms with van der Waals surface area (Å²) in [5, 5.41) is 17.5. The van der Waals surface area contributed by atoms with Gasteiger partial charge in [0.05, 0.1) is 0 Å². The predicted octanol–water partition coefficient (Wildman–Crippen LogP) is 1.51. The fourth-order valence-corrected chi connectivity index (χ4v) is 3.80. The highest BCUT2D eigenvalue weighted by molar-refractivity contribution is 7.16. The lowest BCUT2D eigenvalue weighted by Crippen LogP contribution is -2.33. The average molecular weight is 295 g/mol. The van der Waals surface area contributed by atoms with Crippen molar-refractivity contribution < 1.29 is 4.74 Å². The maximum atomic E-state index is 5.11. The number of hydrogen-bond acceptors (Lipinski definition) is 6.